The fraction of sp³-hybridized carbons (Fsp3) is 0.158. The van der Waals surface area contributed by atoms with E-state index in [-0.39, 0.29) is 11.9 Å². The molecule has 0 bridgehead atoms. The number of benzene rings is 3. The van der Waals surface area contributed by atoms with Crippen LogP contribution >= 0.6 is 0 Å². The summed E-state index contributed by atoms with van der Waals surface area (Å²) in [6, 6.07) is 19.4. The number of fused-ring (bicyclic) bond motifs is 1. The van der Waals surface area contributed by atoms with Crippen LogP contribution in [0.2, 0.25) is 0 Å². The number of aryl methyl sites for hydroxylation is 1. The Bertz CT molecular complexity index is 779. The molecule has 0 saturated heterocycles. The van der Waals surface area contributed by atoms with Crippen molar-refractivity contribution in [2.45, 2.75) is 13.0 Å². The van der Waals surface area contributed by atoms with Crippen molar-refractivity contribution in [3.63, 3.8) is 0 Å². The summed E-state index contributed by atoms with van der Waals surface area (Å²) in [6.45, 7) is 2.11. The van der Waals surface area contributed by atoms with Gasteiger partial charge in [-0.1, -0.05) is 48.5 Å². The standard InChI is InChI=1S/C19H18FN/c1-13-10-11-18(17-9-4-3-8-16(13)17)19(21-2)14-6-5-7-15(20)12-14/h3-12,19,21H,1-2H3. The van der Waals surface area contributed by atoms with E-state index in [4.69, 9.17) is 0 Å². The molecule has 0 heterocycles. The fourth-order valence-corrected chi connectivity index (χ4v) is 2.91. The van der Waals surface area contributed by atoms with Crippen molar-refractivity contribution in [3.05, 3.63) is 83.2 Å². The highest BCUT2D eigenvalue weighted by atomic mass is 19.1. The van der Waals surface area contributed by atoms with Crippen molar-refractivity contribution in [3.8, 4) is 0 Å². The molecule has 0 saturated carbocycles. The lowest BCUT2D eigenvalue weighted by atomic mass is 9.92. The quantitative estimate of drug-likeness (QED) is 0.739. The summed E-state index contributed by atoms with van der Waals surface area (Å²) in [6.07, 6.45) is 0. The molecule has 0 spiro atoms. The van der Waals surface area contributed by atoms with Gasteiger partial charge in [0.15, 0.2) is 0 Å². The van der Waals surface area contributed by atoms with Crippen LogP contribution in [0.5, 0.6) is 0 Å². The van der Waals surface area contributed by atoms with Gasteiger partial charge in [-0.15, -0.1) is 0 Å². The summed E-state index contributed by atoms with van der Waals surface area (Å²) in [4.78, 5) is 0. The summed E-state index contributed by atoms with van der Waals surface area (Å²) >= 11 is 0. The van der Waals surface area contributed by atoms with Gasteiger partial charge in [0, 0.05) is 0 Å². The molecule has 0 aliphatic carbocycles. The number of hydrogen-bond acceptors (Lipinski definition) is 1. The average Bonchev–Trinajstić information content (AvgIpc) is 2.51. The molecule has 3 aromatic carbocycles. The summed E-state index contributed by atoms with van der Waals surface area (Å²) in [5, 5.41) is 5.76. The molecule has 0 aromatic heterocycles. The molecule has 3 rings (SSSR count). The highest BCUT2D eigenvalue weighted by Crippen LogP contribution is 2.30. The van der Waals surface area contributed by atoms with Gasteiger partial charge in [0.05, 0.1) is 6.04 Å². The fourth-order valence-electron chi connectivity index (χ4n) is 2.91. The van der Waals surface area contributed by atoms with Crippen molar-refractivity contribution in [2.75, 3.05) is 7.05 Å². The predicted molar refractivity (Wildman–Crippen MR) is 86.0 cm³/mol. The van der Waals surface area contributed by atoms with Crippen LogP contribution < -0.4 is 5.32 Å². The highest BCUT2D eigenvalue weighted by Gasteiger charge is 2.15. The summed E-state index contributed by atoms with van der Waals surface area (Å²) < 4.78 is 13.5. The molecule has 106 valence electrons. The lowest BCUT2D eigenvalue weighted by Crippen LogP contribution is -2.18. The smallest absolute Gasteiger partial charge is 0.123 e. The van der Waals surface area contributed by atoms with E-state index in [1.165, 1.54) is 28.0 Å². The molecule has 0 amide bonds. The zero-order valence-corrected chi connectivity index (χ0v) is 12.2. The Morgan fingerprint density at radius 1 is 0.905 bits per heavy atom. The minimum Gasteiger partial charge on any atom is -0.309 e. The molecule has 0 aliphatic heterocycles. The van der Waals surface area contributed by atoms with Crippen molar-refractivity contribution in [2.24, 2.45) is 0 Å². The van der Waals surface area contributed by atoms with Gasteiger partial charge >= 0.3 is 0 Å². The SMILES string of the molecule is CNC(c1cccc(F)c1)c1ccc(C)c2ccccc12. The Balaban J connectivity index is 2.20. The van der Waals surface area contributed by atoms with Crippen molar-refractivity contribution in [1.82, 2.24) is 5.32 Å². The van der Waals surface area contributed by atoms with Crippen molar-refractivity contribution >= 4 is 10.8 Å². The van der Waals surface area contributed by atoms with Crippen molar-refractivity contribution < 1.29 is 4.39 Å². The molecule has 1 unspecified atom stereocenters. The van der Waals surface area contributed by atoms with Crippen LogP contribution in [-0.2, 0) is 0 Å². The minimum absolute atomic E-state index is 0.0220. The Labute approximate surface area is 124 Å². The van der Waals surface area contributed by atoms with Gasteiger partial charge in [0.25, 0.3) is 0 Å². The third-order valence-electron chi connectivity index (χ3n) is 3.96. The van der Waals surface area contributed by atoms with Gasteiger partial charge in [-0.05, 0) is 53.6 Å². The predicted octanol–water partition coefficient (Wildman–Crippen LogP) is 4.60. The van der Waals surface area contributed by atoms with Crippen LogP contribution in [0.15, 0.2) is 60.7 Å². The third kappa shape index (κ3) is 2.55. The zero-order chi connectivity index (χ0) is 14.8. The Kier molecular flexibility index (Phi) is 3.72. The average molecular weight is 279 g/mol. The van der Waals surface area contributed by atoms with Crippen LogP contribution in [-0.4, -0.2) is 7.05 Å². The first-order valence-corrected chi connectivity index (χ1v) is 7.11. The van der Waals surface area contributed by atoms with Gasteiger partial charge < -0.3 is 5.32 Å². The summed E-state index contributed by atoms with van der Waals surface area (Å²) in [7, 11) is 1.91. The second-order valence-corrected chi connectivity index (χ2v) is 5.29. The van der Waals surface area contributed by atoms with Crippen molar-refractivity contribution in [1.29, 1.82) is 0 Å². The first-order chi connectivity index (χ1) is 10.2. The van der Waals surface area contributed by atoms with Gasteiger partial charge in [0.1, 0.15) is 5.82 Å². The van der Waals surface area contributed by atoms with E-state index in [1.54, 1.807) is 12.1 Å². The van der Waals surface area contributed by atoms with E-state index in [9.17, 15) is 4.39 Å². The van der Waals surface area contributed by atoms with Crippen LogP contribution in [0, 0.1) is 12.7 Å². The van der Waals surface area contributed by atoms with E-state index in [0.717, 1.165) is 5.56 Å². The molecule has 3 aromatic rings. The topological polar surface area (TPSA) is 12.0 Å². The van der Waals surface area contributed by atoms with E-state index in [1.807, 2.05) is 19.2 Å². The maximum absolute atomic E-state index is 13.5. The van der Waals surface area contributed by atoms with E-state index in [0.29, 0.717) is 0 Å². The number of halogens is 1. The Hall–Kier alpha value is -2.19. The molecular weight excluding hydrogens is 261 g/mol. The molecular formula is C19H18FN. The Morgan fingerprint density at radius 3 is 2.38 bits per heavy atom. The maximum Gasteiger partial charge on any atom is 0.123 e. The molecule has 0 radical (unpaired) electrons. The van der Waals surface area contributed by atoms with E-state index in [2.05, 4.69) is 42.6 Å². The summed E-state index contributed by atoms with van der Waals surface area (Å²) in [5.41, 5.74) is 3.36. The van der Waals surface area contributed by atoms with E-state index < -0.39 is 0 Å². The molecule has 0 aliphatic rings. The lowest BCUT2D eigenvalue weighted by Gasteiger charge is -2.20. The minimum atomic E-state index is -0.204. The largest absolute Gasteiger partial charge is 0.309 e. The maximum atomic E-state index is 13.5. The lowest BCUT2D eigenvalue weighted by molar-refractivity contribution is 0.617. The van der Waals surface area contributed by atoms with Crippen LogP contribution in [0.25, 0.3) is 10.8 Å². The van der Waals surface area contributed by atoms with Crippen LogP contribution in [0.1, 0.15) is 22.7 Å². The number of hydrogen-bond donors (Lipinski definition) is 1. The monoisotopic (exact) mass is 279 g/mol. The third-order valence-corrected chi connectivity index (χ3v) is 3.96. The molecule has 1 N–H and O–H groups in total. The van der Waals surface area contributed by atoms with Gasteiger partial charge in [-0.2, -0.15) is 0 Å². The molecule has 1 atom stereocenters. The first-order valence-electron chi connectivity index (χ1n) is 7.11. The number of rotatable bonds is 3. The van der Waals surface area contributed by atoms with Gasteiger partial charge in [0.2, 0.25) is 0 Å². The molecule has 2 heteroatoms. The molecule has 21 heavy (non-hydrogen) atoms. The molecule has 1 nitrogen and oxygen atoms in total. The first kappa shape index (κ1) is 13.8. The Morgan fingerprint density at radius 2 is 1.67 bits per heavy atom. The van der Waals surface area contributed by atoms with Crippen LogP contribution in [0.4, 0.5) is 4.39 Å². The second kappa shape index (κ2) is 5.66. The van der Waals surface area contributed by atoms with E-state index >= 15 is 0 Å². The van der Waals surface area contributed by atoms with Crippen LogP contribution in [0.3, 0.4) is 0 Å². The van der Waals surface area contributed by atoms with Gasteiger partial charge in [-0.25, -0.2) is 4.39 Å². The molecule has 0 fully saturated rings. The van der Waals surface area contributed by atoms with Gasteiger partial charge in [-0.3, -0.25) is 0 Å². The summed E-state index contributed by atoms with van der Waals surface area (Å²) in [5.74, 6) is -0.204. The highest BCUT2D eigenvalue weighted by molar-refractivity contribution is 5.89. The second-order valence-electron chi connectivity index (χ2n) is 5.29. The zero-order valence-electron chi connectivity index (χ0n) is 12.2. The normalized spacial score (nSPS) is 12.5. The number of nitrogens with one attached hydrogen (secondary N) is 1.